The maximum atomic E-state index is 4.34. The molecule has 0 radical (unpaired) electrons. The molecule has 0 bridgehead atoms. The molecular formula is C13H16N4. The van der Waals surface area contributed by atoms with E-state index in [1.165, 1.54) is 5.56 Å². The van der Waals surface area contributed by atoms with Crippen LogP contribution < -0.4 is 5.32 Å². The molecule has 0 saturated carbocycles. The van der Waals surface area contributed by atoms with Crippen LogP contribution in [0.5, 0.6) is 0 Å². The van der Waals surface area contributed by atoms with Crippen LogP contribution >= 0.6 is 0 Å². The van der Waals surface area contributed by atoms with Gasteiger partial charge in [-0.3, -0.25) is 4.98 Å². The Morgan fingerprint density at radius 3 is 2.59 bits per heavy atom. The first-order valence-corrected chi connectivity index (χ1v) is 5.67. The van der Waals surface area contributed by atoms with Gasteiger partial charge in [0, 0.05) is 25.1 Å². The molecule has 0 aliphatic heterocycles. The van der Waals surface area contributed by atoms with E-state index in [1.54, 1.807) is 12.4 Å². The standard InChI is InChI=1S/C13H16N4/c1-10-4-5-12(17-8-10)9-16-11(2)13-14-6-3-7-15-13/h3-8,11,16H,9H2,1-2H3. The van der Waals surface area contributed by atoms with Crippen molar-refractivity contribution in [1.29, 1.82) is 0 Å². The van der Waals surface area contributed by atoms with Gasteiger partial charge in [0.2, 0.25) is 0 Å². The van der Waals surface area contributed by atoms with Crippen molar-refractivity contribution in [3.8, 4) is 0 Å². The van der Waals surface area contributed by atoms with E-state index in [9.17, 15) is 0 Å². The summed E-state index contributed by atoms with van der Waals surface area (Å²) in [6.45, 7) is 4.80. The molecule has 1 atom stereocenters. The summed E-state index contributed by atoms with van der Waals surface area (Å²) in [5.74, 6) is 0.805. The molecule has 0 spiro atoms. The molecular weight excluding hydrogens is 212 g/mol. The number of hydrogen-bond acceptors (Lipinski definition) is 4. The zero-order valence-electron chi connectivity index (χ0n) is 10.1. The molecule has 2 rings (SSSR count). The molecule has 1 unspecified atom stereocenters. The summed E-state index contributed by atoms with van der Waals surface area (Å²) in [6.07, 6.45) is 5.38. The van der Waals surface area contributed by atoms with Crippen molar-refractivity contribution < 1.29 is 0 Å². The normalized spacial score (nSPS) is 12.4. The van der Waals surface area contributed by atoms with Crippen LogP contribution in [-0.2, 0) is 6.54 Å². The van der Waals surface area contributed by atoms with Crippen molar-refractivity contribution in [2.75, 3.05) is 0 Å². The number of hydrogen-bond donors (Lipinski definition) is 1. The number of aromatic nitrogens is 3. The van der Waals surface area contributed by atoms with Gasteiger partial charge >= 0.3 is 0 Å². The summed E-state index contributed by atoms with van der Waals surface area (Å²) in [7, 11) is 0. The maximum absolute atomic E-state index is 4.34. The molecule has 0 aromatic carbocycles. The first-order valence-electron chi connectivity index (χ1n) is 5.67. The number of nitrogens with one attached hydrogen (secondary N) is 1. The largest absolute Gasteiger partial charge is 0.302 e. The second-order valence-electron chi connectivity index (χ2n) is 4.04. The van der Waals surface area contributed by atoms with E-state index < -0.39 is 0 Å². The third kappa shape index (κ3) is 3.32. The highest BCUT2D eigenvalue weighted by Gasteiger charge is 2.06. The van der Waals surface area contributed by atoms with E-state index in [2.05, 4.69) is 26.3 Å². The number of aryl methyl sites for hydroxylation is 1. The van der Waals surface area contributed by atoms with Crippen LogP contribution in [-0.4, -0.2) is 15.0 Å². The molecule has 0 amide bonds. The monoisotopic (exact) mass is 228 g/mol. The molecule has 1 N–H and O–H groups in total. The number of pyridine rings is 1. The summed E-state index contributed by atoms with van der Waals surface area (Å²) in [4.78, 5) is 12.8. The predicted molar refractivity (Wildman–Crippen MR) is 66.3 cm³/mol. The summed E-state index contributed by atoms with van der Waals surface area (Å²) in [5, 5.41) is 3.35. The molecule has 0 saturated heterocycles. The fourth-order valence-corrected chi connectivity index (χ4v) is 1.49. The van der Waals surface area contributed by atoms with Gasteiger partial charge in [-0.15, -0.1) is 0 Å². The van der Waals surface area contributed by atoms with Crippen LogP contribution in [0.4, 0.5) is 0 Å². The first-order chi connectivity index (χ1) is 8.25. The molecule has 2 aromatic rings. The highest BCUT2D eigenvalue weighted by Crippen LogP contribution is 2.06. The summed E-state index contributed by atoms with van der Waals surface area (Å²) >= 11 is 0. The lowest BCUT2D eigenvalue weighted by atomic mass is 10.2. The van der Waals surface area contributed by atoms with Crippen molar-refractivity contribution in [3.05, 3.63) is 53.9 Å². The highest BCUT2D eigenvalue weighted by atomic mass is 15.0. The van der Waals surface area contributed by atoms with Gasteiger partial charge in [0.05, 0.1) is 11.7 Å². The van der Waals surface area contributed by atoms with Crippen molar-refractivity contribution in [2.24, 2.45) is 0 Å². The van der Waals surface area contributed by atoms with Crippen molar-refractivity contribution in [3.63, 3.8) is 0 Å². The average Bonchev–Trinajstić information content (AvgIpc) is 2.39. The Morgan fingerprint density at radius 1 is 1.18 bits per heavy atom. The Kier molecular flexibility index (Phi) is 3.77. The predicted octanol–water partition coefficient (Wildman–Crippen LogP) is 2.03. The molecule has 0 aliphatic carbocycles. The molecule has 88 valence electrons. The Balaban J connectivity index is 1.92. The first kappa shape index (κ1) is 11.7. The Morgan fingerprint density at radius 2 is 1.94 bits per heavy atom. The average molecular weight is 228 g/mol. The summed E-state index contributed by atoms with van der Waals surface area (Å²) in [5.41, 5.74) is 2.20. The second-order valence-corrected chi connectivity index (χ2v) is 4.04. The van der Waals surface area contributed by atoms with Crippen LogP contribution in [0.2, 0.25) is 0 Å². The summed E-state index contributed by atoms with van der Waals surface area (Å²) < 4.78 is 0. The second kappa shape index (κ2) is 5.50. The van der Waals surface area contributed by atoms with Gasteiger partial charge in [0.25, 0.3) is 0 Å². The highest BCUT2D eigenvalue weighted by molar-refractivity contribution is 5.12. The molecule has 0 aliphatic rings. The van der Waals surface area contributed by atoms with E-state index >= 15 is 0 Å². The quantitative estimate of drug-likeness (QED) is 0.870. The van der Waals surface area contributed by atoms with E-state index in [-0.39, 0.29) is 6.04 Å². The van der Waals surface area contributed by atoms with Crippen LogP contribution in [0, 0.1) is 6.92 Å². The Bertz CT molecular complexity index is 453. The van der Waals surface area contributed by atoms with Gasteiger partial charge in [-0.25, -0.2) is 9.97 Å². The number of rotatable bonds is 4. The Hall–Kier alpha value is -1.81. The van der Waals surface area contributed by atoms with Gasteiger partial charge in [-0.1, -0.05) is 6.07 Å². The SMILES string of the molecule is Cc1ccc(CNC(C)c2ncccn2)nc1. The zero-order valence-corrected chi connectivity index (χ0v) is 10.1. The van der Waals surface area contributed by atoms with Crippen LogP contribution in [0.1, 0.15) is 30.0 Å². The number of nitrogens with zero attached hydrogens (tertiary/aromatic N) is 3. The molecule has 0 fully saturated rings. The lowest BCUT2D eigenvalue weighted by Crippen LogP contribution is -2.20. The lowest BCUT2D eigenvalue weighted by molar-refractivity contribution is 0.540. The van der Waals surface area contributed by atoms with E-state index in [0.717, 1.165) is 18.1 Å². The van der Waals surface area contributed by atoms with Gasteiger partial charge in [0.1, 0.15) is 5.82 Å². The molecule has 2 heterocycles. The minimum absolute atomic E-state index is 0.124. The van der Waals surface area contributed by atoms with Crippen LogP contribution in [0.25, 0.3) is 0 Å². The smallest absolute Gasteiger partial charge is 0.144 e. The van der Waals surface area contributed by atoms with Gasteiger partial charge in [-0.05, 0) is 31.5 Å². The van der Waals surface area contributed by atoms with Crippen LogP contribution in [0.3, 0.4) is 0 Å². The third-order valence-electron chi connectivity index (χ3n) is 2.54. The lowest BCUT2D eigenvalue weighted by Gasteiger charge is -2.11. The summed E-state index contributed by atoms with van der Waals surface area (Å²) in [6, 6.07) is 6.03. The zero-order chi connectivity index (χ0) is 12.1. The van der Waals surface area contributed by atoms with Gasteiger partial charge < -0.3 is 5.32 Å². The molecule has 4 nitrogen and oxygen atoms in total. The molecule has 2 aromatic heterocycles. The van der Waals surface area contributed by atoms with E-state index in [1.807, 2.05) is 32.2 Å². The van der Waals surface area contributed by atoms with Crippen molar-refractivity contribution >= 4 is 0 Å². The maximum Gasteiger partial charge on any atom is 0.144 e. The fourth-order valence-electron chi connectivity index (χ4n) is 1.49. The minimum atomic E-state index is 0.124. The fraction of sp³-hybridized carbons (Fsp3) is 0.308. The van der Waals surface area contributed by atoms with E-state index in [0.29, 0.717) is 0 Å². The Labute approximate surface area is 101 Å². The molecule has 4 heteroatoms. The van der Waals surface area contributed by atoms with Crippen molar-refractivity contribution in [2.45, 2.75) is 26.4 Å². The van der Waals surface area contributed by atoms with Gasteiger partial charge in [0.15, 0.2) is 0 Å². The van der Waals surface area contributed by atoms with Gasteiger partial charge in [-0.2, -0.15) is 0 Å². The topological polar surface area (TPSA) is 50.7 Å². The molecule has 17 heavy (non-hydrogen) atoms. The minimum Gasteiger partial charge on any atom is -0.302 e. The third-order valence-corrected chi connectivity index (χ3v) is 2.54. The van der Waals surface area contributed by atoms with Crippen LogP contribution in [0.15, 0.2) is 36.8 Å². The van der Waals surface area contributed by atoms with Crippen molar-refractivity contribution in [1.82, 2.24) is 20.3 Å². The van der Waals surface area contributed by atoms with E-state index in [4.69, 9.17) is 0 Å².